The van der Waals surface area contributed by atoms with Crippen molar-refractivity contribution in [2.24, 2.45) is 0 Å². The number of esters is 1. The molecule has 0 spiro atoms. The lowest BCUT2D eigenvalue weighted by molar-refractivity contribution is -0.163. The average Bonchev–Trinajstić information content (AvgIpc) is 2.22. The Labute approximate surface area is 78.8 Å². The van der Waals surface area contributed by atoms with Crippen LogP contribution < -0.4 is 0 Å². The molecule has 1 aliphatic rings. The predicted octanol–water partition coefficient (Wildman–Crippen LogP) is 0.962. The summed E-state index contributed by atoms with van der Waals surface area (Å²) in [6.07, 6.45) is -0.280. The van der Waals surface area contributed by atoms with E-state index in [9.17, 15) is 4.79 Å². The largest absolute Gasteiger partial charge is 0.423 e. The van der Waals surface area contributed by atoms with Crippen molar-refractivity contribution in [2.45, 2.75) is 27.1 Å². The van der Waals surface area contributed by atoms with Crippen LogP contribution in [0.25, 0.3) is 0 Å². The summed E-state index contributed by atoms with van der Waals surface area (Å²) in [6.45, 7) is 5.44. The second-order valence-corrected chi connectivity index (χ2v) is 3.33. The van der Waals surface area contributed by atoms with Crippen LogP contribution in [0.4, 0.5) is 0 Å². The third kappa shape index (κ3) is 1.61. The SMILES string of the molecule is CC(=O)OC1N(C)C(C)=C(C)N1C. The van der Waals surface area contributed by atoms with E-state index in [1.165, 1.54) is 6.92 Å². The Bertz CT molecular complexity index is 242. The maximum Gasteiger partial charge on any atom is 0.305 e. The Kier molecular flexibility index (Phi) is 2.50. The summed E-state index contributed by atoms with van der Waals surface area (Å²) < 4.78 is 5.15. The summed E-state index contributed by atoms with van der Waals surface area (Å²) in [4.78, 5) is 14.7. The fourth-order valence-electron chi connectivity index (χ4n) is 1.41. The first kappa shape index (κ1) is 9.89. The van der Waals surface area contributed by atoms with Gasteiger partial charge in [-0.2, -0.15) is 0 Å². The minimum absolute atomic E-state index is 0.258. The van der Waals surface area contributed by atoms with Gasteiger partial charge in [0.1, 0.15) is 0 Å². The minimum atomic E-state index is -0.280. The molecular formula is C9H16N2O2. The first-order valence-electron chi connectivity index (χ1n) is 4.25. The highest BCUT2D eigenvalue weighted by Gasteiger charge is 2.31. The second-order valence-electron chi connectivity index (χ2n) is 3.33. The van der Waals surface area contributed by atoms with E-state index in [1.807, 2.05) is 37.7 Å². The average molecular weight is 184 g/mol. The molecule has 0 amide bonds. The van der Waals surface area contributed by atoms with Gasteiger partial charge in [0, 0.05) is 32.4 Å². The molecule has 0 radical (unpaired) electrons. The molecule has 0 fully saturated rings. The Morgan fingerprint density at radius 3 is 1.92 bits per heavy atom. The molecule has 74 valence electrons. The number of carbonyl (C=O) groups is 1. The Morgan fingerprint density at radius 2 is 1.62 bits per heavy atom. The molecule has 0 aromatic rings. The molecule has 0 saturated heterocycles. The molecule has 0 aliphatic carbocycles. The highest BCUT2D eigenvalue weighted by molar-refractivity contribution is 5.66. The number of hydrogen-bond donors (Lipinski definition) is 0. The number of rotatable bonds is 1. The normalized spacial score (nSPS) is 18.5. The summed E-state index contributed by atoms with van der Waals surface area (Å²) in [6, 6.07) is 0. The summed E-state index contributed by atoms with van der Waals surface area (Å²) in [5, 5.41) is 0. The lowest BCUT2D eigenvalue weighted by Crippen LogP contribution is -2.39. The molecule has 0 unspecified atom stereocenters. The van der Waals surface area contributed by atoms with Crippen molar-refractivity contribution >= 4 is 5.97 Å². The van der Waals surface area contributed by atoms with Crippen LogP contribution >= 0.6 is 0 Å². The first-order chi connectivity index (χ1) is 5.95. The number of ether oxygens (including phenoxy) is 1. The van der Waals surface area contributed by atoms with E-state index in [1.54, 1.807) is 0 Å². The zero-order valence-corrected chi connectivity index (χ0v) is 8.79. The molecule has 0 aromatic carbocycles. The van der Waals surface area contributed by atoms with E-state index in [4.69, 9.17) is 4.74 Å². The Hall–Kier alpha value is -1.19. The van der Waals surface area contributed by atoms with Gasteiger partial charge in [-0.05, 0) is 13.8 Å². The zero-order chi connectivity index (χ0) is 10.2. The van der Waals surface area contributed by atoms with Crippen molar-refractivity contribution in [1.82, 2.24) is 9.80 Å². The summed E-state index contributed by atoms with van der Waals surface area (Å²) >= 11 is 0. The van der Waals surface area contributed by atoms with Gasteiger partial charge < -0.3 is 14.5 Å². The third-order valence-corrected chi connectivity index (χ3v) is 2.52. The quantitative estimate of drug-likeness (QED) is 0.568. The van der Waals surface area contributed by atoms with E-state index in [-0.39, 0.29) is 12.3 Å². The lowest BCUT2D eigenvalue weighted by Gasteiger charge is -2.27. The molecule has 4 heteroatoms. The van der Waals surface area contributed by atoms with Crippen LogP contribution in [0.15, 0.2) is 11.4 Å². The van der Waals surface area contributed by atoms with Crippen LogP contribution in [0.1, 0.15) is 20.8 Å². The van der Waals surface area contributed by atoms with E-state index >= 15 is 0 Å². The smallest absolute Gasteiger partial charge is 0.305 e. The maximum atomic E-state index is 10.8. The zero-order valence-electron chi connectivity index (χ0n) is 8.79. The molecule has 0 atom stereocenters. The van der Waals surface area contributed by atoms with Crippen molar-refractivity contribution in [3.05, 3.63) is 11.4 Å². The van der Waals surface area contributed by atoms with Crippen LogP contribution in [-0.4, -0.2) is 36.2 Å². The maximum absolute atomic E-state index is 10.8. The number of hydrogen-bond acceptors (Lipinski definition) is 4. The molecule has 1 heterocycles. The summed E-state index contributed by atoms with van der Waals surface area (Å²) in [5.74, 6) is -0.258. The summed E-state index contributed by atoms with van der Waals surface area (Å²) in [5.41, 5.74) is 2.27. The Balaban J connectivity index is 2.77. The second kappa shape index (κ2) is 3.28. The van der Waals surface area contributed by atoms with Crippen molar-refractivity contribution in [3.8, 4) is 0 Å². The summed E-state index contributed by atoms with van der Waals surface area (Å²) in [7, 11) is 3.83. The lowest BCUT2D eigenvalue weighted by atomic mass is 10.4. The van der Waals surface area contributed by atoms with Crippen molar-refractivity contribution in [3.63, 3.8) is 0 Å². The molecule has 0 aromatic heterocycles. The minimum Gasteiger partial charge on any atom is -0.423 e. The molecule has 4 nitrogen and oxygen atoms in total. The van der Waals surface area contributed by atoms with E-state index < -0.39 is 0 Å². The molecule has 0 saturated carbocycles. The predicted molar refractivity (Wildman–Crippen MR) is 49.5 cm³/mol. The topological polar surface area (TPSA) is 32.8 Å². The van der Waals surface area contributed by atoms with E-state index in [2.05, 4.69) is 0 Å². The third-order valence-electron chi connectivity index (χ3n) is 2.52. The van der Waals surface area contributed by atoms with Gasteiger partial charge in [0.2, 0.25) is 0 Å². The molecule has 0 N–H and O–H groups in total. The van der Waals surface area contributed by atoms with Gasteiger partial charge >= 0.3 is 5.97 Å². The number of carbonyl (C=O) groups excluding carboxylic acids is 1. The van der Waals surface area contributed by atoms with Gasteiger partial charge in [-0.1, -0.05) is 0 Å². The molecular weight excluding hydrogens is 168 g/mol. The van der Waals surface area contributed by atoms with Gasteiger partial charge in [-0.25, -0.2) is 0 Å². The van der Waals surface area contributed by atoms with Gasteiger partial charge in [-0.15, -0.1) is 0 Å². The molecule has 13 heavy (non-hydrogen) atoms. The Morgan fingerprint density at radius 1 is 1.23 bits per heavy atom. The van der Waals surface area contributed by atoms with Crippen LogP contribution in [0.2, 0.25) is 0 Å². The van der Waals surface area contributed by atoms with Gasteiger partial charge in [0.05, 0.1) is 0 Å². The van der Waals surface area contributed by atoms with E-state index in [0.29, 0.717) is 0 Å². The van der Waals surface area contributed by atoms with Gasteiger partial charge in [0.15, 0.2) is 0 Å². The van der Waals surface area contributed by atoms with E-state index in [0.717, 1.165) is 11.4 Å². The first-order valence-corrected chi connectivity index (χ1v) is 4.25. The number of allylic oxidation sites excluding steroid dienone is 2. The van der Waals surface area contributed by atoms with Gasteiger partial charge in [-0.3, -0.25) is 4.79 Å². The monoisotopic (exact) mass is 184 g/mol. The highest BCUT2D eigenvalue weighted by atomic mass is 16.6. The molecule has 0 bridgehead atoms. The molecule has 1 rings (SSSR count). The van der Waals surface area contributed by atoms with Crippen LogP contribution in [0.5, 0.6) is 0 Å². The van der Waals surface area contributed by atoms with Crippen molar-refractivity contribution in [1.29, 1.82) is 0 Å². The van der Waals surface area contributed by atoms with Crippen molar-refractivity contribution < 1.29 is 9.53 Å². The fourth-order valence-corrected chi connectivity index (χ4v) is 1.41. The van der Waals surface area contributed by atoms with Crippen LogP contribution in [0.3, 0.4) is 0 Å². The van der Waals surface area contributed by atoms with Crippen LogP contribution in [0, 0.1) is 0 Å². The molecule has 1 aliphatic heterocycles. The van der Waals surface area contributed by atoms with Crippen LogP contribution in [-0.2, 0) is 9.53 Å². The standard InChI is InChI=1S/C9H16N2O2/c1-6-7(2)11(5)9(10(6)4)13-8(3)12/h9H,1-5H3. The van der Waals surface area contributed by atoms with Crippen molar-refractivity contribution in [2.75, 3.05) is 14.1 Å². The van der Waals surface area contributed by atoms with Gasteiger partial charge in [0.25, 0.3) is 6.35 Å². The highest BCUT2D eigenvalue weighted by Crippen LogP contribution is 2.25. The fraction of sp³-hybridized carbons (Fsp3) is 0.667. The number of nitrogens with zero attached hydrogens (tertiary/aromatic N) is 2.